The third kappa shape index (κ3) is 5.47. The van der Waals surface area contributed by atoms with Crippen molar-refractivity contribution in [3.63, 3.8) is 0 Å². The zero-order valence-electron chi connectivity index (χ0n) is 13.3. The summed E-state index contributed by atoms with van der Waals surface area (Å²) in [5, 5.41) is 0. The van der Waals surface area contributed by atoms with Crippen molar-refractivity contribution in [2.24, 2.45) is 0 Å². The zero-order valence-corrected chi connectivity index (χ0v) is 14.9. The topological polar surface area (TPSA) is 86.8 Å². The molecule has 1 N–H and O–H groups in total. The molecule has 0 aromatic heterocycles. The Morgan fingerprint density at radius 3 is 1.91 bits per heavy atom. The van der Waals surface area contributed by atoms with E-state index in [1.807, 2.05) is 31.1 Å². The van der Waals surface area contributed by atoms with E-state index in [4.69, 9.17) is 0 Å². The highest BCUT2D eigenvalue weighted by atomic mass is 32.2. The molecule has 0 saturated carbocycles. The van der Waals surface area contributed by atoms with Gasteiger partial charge in [-0.2, -0.15) is 0 Å². The number of sulfonamides is 2. The molecule has 0 fully saturated rings. The Hall–Kier alpha value is -1.32. The van der Waals surface area contributed by atoms with E-state index in [2.05, 4.69) is 4.72 Å². The van der Waals surface area contributed by atoms with Gasteiger partial charge in [0.05, 0.1) is 17.7 Å². The Kier molecular flexibility index (Phi) is 6.21. The van der Waals surface area contributed by atoms with Gasteiger partial charge in [0, 0.05) is 32.9 Å². The molecule has 0 aliphatic rings. The summed E-state index contributed by atoms with van der Waals surface area (Å²) in [6, 6.07) is 7.02. The van der Waals surface area contributed by atoms with Crippen LogP contribution in [0, 0.1) is 0 Å². The fourth-order valence-corrected chi connectivity index (χ4v) is 3.34. The molecule has 0 unspecified atom stereocenters. The van der Waals surface area contributed by atoms with Gasteiger partial charge in [0.1, 0.15) is 0 Å². The first-order valence-corrected chi connectivity index (χ1v) is 10.3. The minimum atomic E-state index is -3.49. The van der Waals surface area contributed by atoms with Gasteiger partial charge in [-0.25, -0.2) is 21.6 Å². The van der Waals surface area contributed by atoms with Crippen LogP contribution >= 0.6 is 0 Å². The minimum absolute atomic E-state index is 0.0265. The Morgan fingerprint density at radius 1 is 1.00 bits per heavy atom. The number of nitrogens with one attached hydrogen (secondary N) is 1. The first-order chi connectivity index (χ1) is 10.1. The first kappa shape index (κ1) is 18.7. The van der Waals surface area contributed by atoms with E-state index >= 15 is 0 Å². The van der Waals surface area contributed by atoms with Crippen LogP contribution in [0.15, 0.2) is 24.3 Å². The maximum atomic E-state index is 11.9. The van der Waals surface area contributed by atoms with Crippen molar-refractivity contribution in [3.8, 4) is 0 Å². The van der Waals surface area contributed by atoms with Crippen LogP contribution in [0.2, 0.25) is 0 Å². The van der Waals surface area contributed by atoms with Gasteiger partial charge >= 0.3 is 0 Å². The molecule has 0 bridgehead atoms. The van der Waals surface area contributed by atoms with Crippen molar-refractivity contribution >= 4 is 31.4 Å². The van der Waals surface area contributed by atoms with Gasteiger partial charge < -0.3 is 4.90 Å². The first-order valence-electron chi connectivity index (χ1n) is 6.79. The molecular formula is C13H23N3O4S2. The van der Waals surface area contributed by atoms with Crippen molar-refractivity contribution in [3.05, 3.63) is 24.3 Å². The molecule has 0 saturated heterocycles. The zero-order chi connectivity index (χ0) is 17.0. The van der Waals surface area contributed by atoms with Gasteiger partial charge in [-0.3, -0.25) is 4.31 Å². The van der Waals surface area contributed by atoms with Gasteiger partial charge in [-0.1, -0.05) is 0 Å². The van der Waals surface area contributed by atoms with Crippen LogP contribution in [0.1, 0.15) is 6.92 Å². The molecule has 1 aromatic rings. The van der Waals surface area contributed by atoms with Crippen molar-refractivity contribution in [2.45, 2.75) is 6.92 Å². The third-order valence-electron chi connectivity index (χ3n) is 3.07. The molecule has 0 radical (unpaired) electrons. The molecule has 9 heteroatoms. The molecule has 0 spiro atoms. The number of nitrogens with zero attached hydrogens (tertiary/aromatic N) is 2. The van der Waals surface area contributed by atoms with Crippen LogP contribution < -0.4 is 13.9 Å². The number of hydrogen-bond acceptors (Lipinski definition) is 5. The van der Waals surface area contributed by atoms with Crippen LogP contribution in [0.5, 0.6) is 0 Å². The third-order valence-corrected chi connectivity index (χ3v) is 5.67. The van der Waals surface area contributed by atoms with Gasteiger partial charge in [-0.05, 0) is 31.2 Å². The average Bonchev–Trinajstić information content (AvgIpc) is 2.42. The monoisotopic (exact) mass is 349 g/mol. The molecule has 1 rings (SSSR count). The van der Waals surface area contributed by atoms with Crippen LogP contribution in [0.4, 0.5) is 11.4 Å². The summed E-state index contributed by atoms with van der Waals surface area (Å²) in [5.41, 5.74) is 1.45. The van der Waals surface area contributed by atoms with Crippen molar-refractivity contribution < 1.29 is 16.8 Å². The minimum Gasteiger partial charge on any atom is -0.378 e. The van der Waals surface area contributed by atoms with E-state index in [1.165, 1.54) is 11.2 Å². The quantitative estimate of drug-likeness (QED) is 0.737. The second kappa shape index (κ2) is 7.30. The van der Waals surface area contributed by atoms with Crippen LogP contribution in [0.3, 0.4) is 0 Å². The Bertz CT molecular complexity index is 683. The molecule has 0 aliphatic carbocycles. The van der Waals surface area contributed by atoms with Crippen LogP contribution in [0.25, 0.3) is 0 Å². The Balaban J connectivity index is 2.90. The molecule has 0 amide bonds. The summed E-state index contributed by atoms with van der Waals surface area (Å²) >= 11 is 0. The SMILES string of the molecule is CCS(=O)(=O)NCCN(c1ccc(N(C)C)cc1)S(C)(=O)=O. The highest BCUT2D eigenvalue weighted by Crippen LogP contribution is 2.21. The lowest BCUT2D eigenvalue weighted by atomic mass is 10.2. The normalized spacial score (nSPS) is 12.2. The highest BCUT2D eigenvalue weighted by molar-refractivity contribution is 7.92. The molecule has 22 heavy (non-hydrogen) atoms. The summed E-state index contributed by atoms with van der Waals surface area (Å²) in [6.45, 7) is 1.59. The molecule has 1 aromatic carbocycles. The van der Waals surface area contributed by atoms with Gasteiger partial charge in [0.25, 0.3) is 0 Å². The molecule has 0 aliphatic heterocycles. The number of benzene rings is 1. The van der Waals surface area contributed by atoms with Crippen LogP contribution in [-0.2, 0) is 20.0 Å². The number of anilines is 2. The van der Waals surface area contributed by atoms with E-state index in [-0.39, 0.29) is 18.8 Å². The second-order valence-corrected chi connectivity index (χ2v) is 9.05. The average molecular weight is 349 g/mol. The highest BCUT2D eigenvalue weighted by Gasteiger charge is 2.18. The fourth-order valence-electron chi connectivity index (χ4n) is 1.81. The van der Waals surface area contributed by atoms with Gasteiger partial charge in [-0.15, -0.1) is 0 Å². The summed E-state index contributed by atoms with van der Waals surface area (Å²) in [6.07, 6.45) is 1.10. The Labute approximate surface area is 133 Å². The second-order valence-electron chi connectivity index (χ2n) is 5.04. The maximum absolute atomic E-state index is 11.9. The van der Waals surface area contributed by atoms with Crippen molar-refractivity contribution in [2.75, 3.05) is 48.4 Å². The smallest absolute Gasteiger partial charge is 0.232 e. The summed E-state index contributed by atoms with van der Waals surface area (Å²) in [5.74, 6) is -0.0383. The fraction of sp³-hybridized carbons (Fsp3) is 0.538. The summed E-state index contributed by atoms with van der Waals surface area (Å²) in [4.78, 5) is 1.91. The standard InChI is InChI=1S/C13H23N3O4S2/c1-5-22(19,20)14-10-11-16(21(4,17)18)13-8-6-12(7-9-13)15(2)3/h6-9,14H,5,10-11H2,1-4H3. The molecular weight excluding hydrogens is 326 g/mol. The molecule has 0 atom stereocenters. The lowest BCUT2D eigenvalue weighted by molar-refractivity contribution is 0.579. The summed E-state index contributed by atoms with van der Waals surface area (Å²) < 4.78 is 50.2. The lowest BCUT2D eigenvalue weighted by Gasteiger charge is -2.23. The van der Waals surface area contributed by atoms with E-state index < -0.39 is 20.0 Å². The molecule has 126 valence electrons. The van der Waals surface area contributed by atoms with Crippen LogP contribution in [-0.4, -0.2) is 56.0 Å². The predicted octanol–water partition coefficient (Wildman–Crippen LogP) is 0.458. The number of hydrogen-bond donors (Lipinski definition) is 1. The van der Waals surface area contributed by atoms with Gasteiger partial charge in [0.15, 0.2) is 0 Å². The predicted molar refractivity (Wildman–Crippen MR) is 90.4 cm³/mol. The maximum Gasteiger partial charge on any atom is 0.232 e. The van der Waals surface area contributed by atoms with E-state index in [0.29, 0.717) is 5.69 Å². The van der Waals surface area contributed by atoms with E-state index in [1.54, 1.807) is 12.1 Å². The van der Waals surface area contributed by atoms with Crippen molar-refractivity contribution in [1.82, 2.24) is 4.72 Å². The molecule has 7 nitrogen and oxygen atoms in total. The largest absolute Gasteiger partial charge is 0.378 e. The van der Waals surface area contributed by atoms with E-state index in [9.17, 15) is 16.8 Å². The lowest BCUT2D eigenvalue weighted by Crippen LogP contribution is -2.38. The molecule has 0 heterocycles. The van der Waals surface area contributed by atoms with Crippen molar-refractivity contribution in [1.29, 1.82) is 0 Å². The summed E-state index contributed by atoms with van der Waals surface area (Å²) in [7, 11) is -3.05. The van der Waals surface area contributed by atoms with Gasteiger partial charge in [0.2, 0.25) is 20.0 Å². The number of rotatable bonds is 8. The van der Waals surface area contributed by atoms with E-state index in [0.717, 1.165) is 11.9 Å². The Morgan fingerprint density at radius 2 is 1.50 bits per heavy atom.